The van der Waals surface area contributed by atoms with Gasteiger partial charge in [-0.15, -0.1) is 0 Å². The number of hydrogen-bond donors (Lipinski definition) is 0. The highest BCUT2D eigenvalue weighted by molar-refractivity contribution is 5.87. The molecule has 0 heterocycles. The summed E-state index contributed by atoms with van der Waals surface area (Å²) in [6, 6.07) is 0. The molecular formula is C7H10O. The van der Waals surface area contributed by atoms with Gasteiger partial charge in [0.05, 0.1) is 0 Å². The van der Waals surface area contributed by atoms with E-state index < -0.39 is 0 Å². The normalized spacial score (nSPS) is 43.8. The molecule has 2 saturated carbocycles. The molecule has 0 spiro atoms. The lowest BCUT2D eigenvalue weighted by Gasteiger charge is -2.02. The average molecular weight is 110 g/mol. The van der Waals surface area contributed by atoms with Crippen LogP contribution < -0.4 is 0 Å². The molecule has 2 bridgehead atoms. The van der Waals surface area contributed by atoms with Crippen molar-refractivity contribution in [3.05, 3.63) is 0 Å². The molecule has 0 saturated heterocycles. The van der Waals surface area contributed by atoms with Crippen LogP contribution >= 0.6 is 0 Å². The topological polar surface area (TPSA) is 17.1 Å². The quantitative estimate of drug-likeness (QED) is 0.460. The van der Waals surface area contributed by atoms with Crippen molar-refractivity contribution in [2.75, 3.05) is 0 Å². The van der Waals surface area contributed by atoms with Gasteiger partial charge in [-0.05, 0) is 25.7 Å². The molecule has 2 aliphatic rings. The zero-order chi connectivity index (χ0) is 5.56. The second-order valence-corrected chi connectivity index (χ2v) is 2.95. The van der Waals surface area contributed by atoms with E-state index >= 15 is 0 Å². The molecule has 0 atom stereocenters. The van der Waals surface area contributed by atoms with Crippen LogP contribution in [0.4, 0.5) is 0 Å². The Morgan fingerprint density at radius 1 is 1.00 bits per heavy atom. The van der Waals surface area contributed by atoms with Crippen molar-refractivity contribution in [2.45, 2.75) is 25.7 Å². The summed E-state index contributed by atoms with van der Waals surface area (Å²) in [4.78, 5) is 11.0. The molecule has 8 heavy (non-hydrogen) atoms. The SMILES string of the molecule is O=C1C2CCC1CC2. The molecule has 0 aliphatic heterocycles. The van der Waals surface area contributed by atoms with Crippen molar-refractivity contribution >= 4 is 5.78 Å². The van der Waals surface area contributed by atoms with E-state index in [2.05, 4.69) is 0 Å². The summed E-state index contributed by atoms with van der Waals surface area (Å²) in [6.07, 6.45) is 4.79. The maximum Gasteiger partial charge on any atom is 0.139 e. The van der Waals surface area contributed by atoms with Gasteiger partial charge in [0.1, 0.15) is 5.78 Å². The van der Waals surface area contributed by atoms with Crippen LogP contribution in [0.25, 0.3) is 0 Å². The van der Waals surface area contributed by atoms with Crippen molar-refractivity contribution in [1.82, 2.24) is 0 Å². The number of fused-ring (bicyclic) bond motifs is 2. The summed E-state index contributed by atoms with van der Waals surface area (Å²) in [5.74, 6) is 1.57. The van der Waals surface area contributed by atoms with Crippen LogP contribution in [0.3, 0.4) is 0 Å². The van der Waals surface area contributed by atoms with Gasteiger partial charge in [-0.1, -0.05) is 0 Å². The van der Waals surface area contributed by atoms with Gasteiger partial charge >= 0.3 is 0 Å². The Kier molecular flexibility index (Phi) is 0.758. The summed E-state index contributed by atoms with van der Waals surface area (Å²) in [5.41, 5.74) is 0. The van der Waals surface area contributed by atoms with Crippen LogP contribution in [0.1, 0.15) is 25.7 Å². The monoisotopic (exact) mass is 110 g/mol. The third-order valence-electron chi connectivity index (χ3n) is 2.53. The lowest BCUT2D eigenvalue weighted by Crippen LogP contribution is -2.01. The molecule has 0 radical (unpaired) electrons. The molecule has 44 valence electrons. The third kappa shape index (κ3) is 0.396. The van der Waals surface area contributed by atoms with E-state index in [0.29, 0.717) is 17.6 Å². The fourth-order valence-corrected chi connectivity index (χ4v) is 2.00. The fourth-order valence-electron chi connectivity index (χ4n) is 2.00. The van der Waals surface area contributed by atoms with Gasteiger partial charge in [0.2, 0.25) is 0 Å². The van der Waals surface area contributed by atoms with Crippen LogP contribution in [0.2, 0.25) is 0 Å². The summed E-state index contributed by atoms with van der Waals surface area (Å²) >= 11 is 0. The number of ketones is 1. The van der Waals surface area contributed by atoms with Gasteiger partial charge < -0.3 is 0 Å². The molecule has 1 heteroatoms. The Balaban J connectivity index is 2.28. The maximum absolute atomic E-state index is 11.0. The smallest absolute Gasteiger partial charge is 0.139 e. The minimum Gasteiger partial charge on any atom is -0.299 e. The van der Waals surface area contributed by atoms with Gasteiger partial charge in [0.15, 0.2) is 0 Å². The van der Waals surface area contributed by atoms with Crippen molar-refractivity contribution < 1.29 is 4.79 Å². The highest BCUT2D eigenvalue weighted by Gasteiger charge is 2.39. The Hall–Kier alpha value is -0.330. The molecule has 0 aromatic rings. The van der Waals surface area contributed by atoms with Gasteiger partial charge in [-0.25, -0.2) is 0 Å². The van der Waals surface area contributed by atoms with Crippen LogP contribution in [0, 0.1) is 11.8 Å². The second kappa shape index (κ2) is 1.34. The van der Waals surface area contributed by atoms with E-state index in [1.165, 1.54) is 25.7 Å². The molecule has 1 nitrogen and oxygen atoms in total. The van der Waals surface area contributed by atoms with E-state index in [1.54, 1.807) is 0 Å². The van der Waals surface area contributed by atoms with Crippen molar-refractivity contribution in [3.63, 3.8) is 0 Å². The average Bonchev–Trinajstić information content (AvgIpc) is 2.29. The molecule has 0 aromatic heterocycles. The van der Waals surface area contributed by atoms with Crippen LogP contribution in [-0.2, 0) is 4.79 Å². The summed E-state index contributed by atoms with van der Waals surface area (Å²) in [7, 11) is 0. The fraction of sp³-hybridized carbons (Fsp3) is 0.857. The second-order valence-electron chi connectivity index (χ2n) is 2.95. The van der Waals surface area contributed by atoms with E-state index in [1.807, 2.05) is 0 Å². The molecule has 0 unspecified atom stereocenters. The number of hydrogen-bond acceptors (Lipinski definition) is 1. The van der Waals surface area contributed by atoms with Crippen LogP contribution in [0.15, 0.2) is 0 Å². The Bertz CT molecular complexity index is 106. The number of carbonyl (C=O) groups excluding carboxylic acids is 1. The van der Waals surface area contributed by atoms with Gasteiger partial charge in [-0.3, -0.25) is 4.79 Å². The standard InChI is InChI=1S/C7H10O/c8-7-5-1-2-6(7)4-3-5/h5-6H,1-4H2. The van der Waals surface area contributed by atoms with E-state index in [-0.39, 0.29) is 0 Å². The first-order valence-electron chi connectivity index (χ1n) is 3.41. The zero-order valence-corrected chi connectivity index (χ0v) is 4.89. The van der Waals surface area contributed by atoms with E-state index in [4.69, 9.17) is 0 Å². The molecule has 0 amide bonds. The maximum atomic E-state index is 11.0. The van der Waals surface area contributed by atoms with E-state index in [0.717, 1.165) is 0 Å². The number of rotatable bonds is 0. The van der Waals surface area contributed by atoms with Gasteiger partial charge in [-0.2, -0.15) is 0 Å². The Labute approximate surface area is 49.1 Å². The van der Waals surface area contributed by atoms with E-state index in [9.17, 15) is 4.79 Å². The van der Waals surface area contributed by atoms with Crippen molar-refractivity contribution in [2.24, 2.45) is 11.8 Å². The number of Topliss-reactive ketones (excluding diaryl/α,β-unsaturated/α-hetero) is 1. The van der Waals surface area contributed by atoms with Crippen LogP contribution in [0.5, 0.6) is 0 Å². The summed E-state index contributed by atoms with van der Waals surface area (Å²) in [5, 5.41) is 0. The van der Waals surface area contributed by atoms with Crippen LogP contribution in [-0.4, -0.2) is 5.78 Å². The van der Waals surface area contributed by atoms with Gasteiger partial charge in [0, 0.05) is 11.8 Å². The predicted molar refractivity (Wildman–Crippen MR) is 30.5 cm³/mol. The molecule has 2 aliphatic carbocycles. The Morgan fingerprint density at radius 3 is 1.50 bits per heavy atom. The predicted octanol–water partition coefficient (Wildman–Crippen LogP) is 1.38. The highest BCUT2D eigenvalue weighted by atomic mass is 16.1. The lowest BCUT2D eigenvalue weighted by molar-refractivity contribution is -0.121. The first kappa shape index (κ1) is 4.54. The summed E-state index contributed by atoms with van der Waals surface area (Å²) < 4.78 is 0. The minimum atomic E-state index is 0.500. The lowest BCUT2D eigenvalue weighted by atomic mass is 10.0. The first-order valence-corrected chi connectivity index (χ1v) is 3.41. The van der Waals surface area contributed by atoms with Crippen molar-refractivity contribution in [3.8, 4) is 0 Å². The molecule has 0 N–H and O–H groups in total. The highest BCUT2D eigenvalue weighted by Crippen LogP contribution is 2.40. The molecular weight excluding hydrogens is 100 g/mol. The van der Waals surface area contributed by atoms with Gasteiger partial charge in [0.25, 0.3) is 0 Å². The third-order valence-corrected chi connectivity index (χ3v) is 2.53. The molecule has 2 fully saturated rings. The first-order chi connectivity index (χ1) is 3.88. The minimum absolute atomic E-state index is 0.500. The molecule has 2 rings (SSSR count). The molecule has 0 aromatic carbocycles. The Morgan fingerprint density at radius 2 is 1.38 bits per heavy atom. The largest absolute Gasteiger partial charge is 0.299 e. The zero-order valence-electron chi connectivity index (χ0n) is 4.89. The number of carbonyl (C=O) groups is 1. The van der Waals surface area contributed by atoms with Crippen molar-refractivity contribution in [1.29, 1.82) is 0 Å². The summed E-state index contributed by atoms with van der Waals surface area (Å²) in [6.45, 7) is 0.